The summed E-state index contributed by atoms with van der Waals surface area (Å²) in [6, 6.07) is 0. The van der Waals surface area contributed by atoms with E-state index in [4.69, 9.17) is 5.11 Å². The molecule has 1 N–H and O–H groups in total. The molecule has 18 heavy (non-hydrogen) atoms. The molecule has 0 spiro atoms. The number of nitrogens with zero attached hydrogens (tertiary/aromatic N) is 4. The van der Waals surface area contributed by atoms with Gasteiger partial charge >= 0.3 is 5.97 Å². The number of likely N-dealkylation sites (N-methyl/N-ethyl adjacent to an activating group) is 1. The highest BCUT2D eigenvalue weighted by Crippen LogP contribution is 2.15. The van der Waals surface area contributed by atoms with E-state index in [9.17, 15) is 4.79 Å². The van der Waals surface area contributed by atoms with Crippen LogP contribution < -0.4 is 4.90 Å². The van der Waals surface area contributed by atoms with Crippen LogP contribution in [-0.2, 0) is 0 Å². The van der Waals surface area contributed by atoms with Crippen molar-refractivity contribution in [1.82, 2.24) is 14.9 Å². The van der Waals surface area contributed by atoms with Crippen LogP contribution in [-0.4, -0.2) is 59.7 Å². The summed E-state index contributed by atoms with van der Waals surface area (Å²) in [6.07, 6.45) is 3.87. The van der Waals surface area contributed by atoms with Gasteiger partial charge in [-0.15, -0.1) is 0 Å². The zero-order valence-electron chi connectivity index (χ0n) is 11.1. The molecule has 0 unspecified atom stereocenters. The Morgan fingerprint density at radius 1 is 1.22 bits per heavy atom. The van der Waals surface area contributed by atoms with Crippen LogP contribution in [0.1, 0.15) is 23.8 Å². The van der Waals surface area contributed by atoms with Gasteiger partial charge in [0.2, 0.25) is 0 Å². The first-order chi connectivity index (χ1) is 8.56. The van der Waals surface area contributed by atoms with Crippen molar-refractivity contribution in [3.05, 3.63) is 18.1 Å². The maximum absolute atomic E-state index is 11.1. The third kappa shape index (κ3) is 3.96. The van der Waals surface area contributed by atoms with Gasteiger partial charge in [-0.2, -0.15) is 0 Å². The second-order valence-corrected chi connectivity index (χ2v) is 4.32. The molecule has 1 heterocycles. The summed E-state index contributed by atoms with van der Waals surface area (Å²) in [6.45, 7) is 4.40. The molecule has 0 fully saturated rings. The van der Waals surface area contributed by atoms with Gasteiger partial charge in [0.25, 0.3) is 0 Å². The molecule has 0 aromatic carbocycles. The summed E-state index contributed by atoms with van der Waals surface area (Å²) in [5, 5.41) is 9.12. The minimum Gasteiger partial charge on any atom is -0.476 e. The second kappa shape index (κ2) is 6.90. The lowest BCUT2D eigenvalue weighted by atomic mass is 10.3. The van der Waals surface area contributed by atoms with Crippen molar-refractivity contribution in [1.29, 1.82) is 0 Å². The number of carboxylic acid groups (broad SMARTS) is 1. The molecule has 0 aliphatic rings. The Balaban J connectivity index is 2.93. The number of anilines is 1. The summed E-state index contributed by atoms with van der Waals surface area (Å²) in [5.41, 5.74) is 0.0182. The van der Waals surface area contributed by atoms with Gasteiger partial charge in [-0.3, -0.25) is 0 Å². The topological polar surface area (TPSA) is 69.6 Å². The van der Waals surface area contributed by atoms with Crippen LogP contribution in [0.15, 0.2) is 12.4 Å². The first-order valence-electron chi connectivity index (χ1n) is 6.00. The molecule has 0 atom stereocenters. The highest BCUT2D eigenvalue weighted by molar-refractivity contribution is 5.90. The van der Waals surface area contributed by atoms with Crippen molar-refractivity contribution in [2.75, 3.05) is 38.6 Å². The fourth-order valence-corrected chi connectivity index (χ4v) is 1.63. The number of aromatic nitrogens is 2. The molecule has 0 radical (unpaired) electrons. The Morgan fingerprint density at radius 2 is 1.89 bits per heavy atom. The normalized spacial score (nSPS) is 10.7. The Bertz CT molecular complexity index is 395. The van der Waals surface area contributed by atoms with Crippen molar-refractivity contribution in [3.8, 4) is 0 Å². The lowest BCUT2D eigenvalue weighted by Gasteiger charge is -2.25. The fourth-order valence-electron chi connectivity index (χ4n) is 1.63. The smallest absolute Gasteiger partial charge is 0.358 e. The molecule has 0 amide bonds. The van der Waals surface area contributed by atoms with Crippen molar-refractivity contribution in [2.24, 2.45) is 0 Å². The summed E-state index contributed by atoms with van der Waals surface area (Å²) in [4.78, 5) is 23.2. The quantitative estimate of drug-likeness (QED) is 0.779. The standard InChI is InChI=1S/C12H20N4O2/c1-4-7-16(9-8-15(2)3)11-10(12(17)18)13-5-6-14-11/h5-6H,4,7-9H2,1-3H3,(H,17,18). The molecule has 0 saturated carbocycles. The maximum Gasteiger partial charge on any atom is 0.358 e. The zero-order chi connectivity index (χ0) is 13.5. The summed E-state index contributed by atoms with van der Waals surface area (Å²) in [5.74, 6) is -0.585. The molecule has 6 heteroatoms. The Kier molecular flexibility index (Phi) is 5.51. The molecule has 0 aliphatic heterocycles. The average Bonchev–Trinajstić information content (AvgIpc) is 2.34. The van der Waals surface area contributed by atoms with E-state index in [1.165, 1.54) is 12.4 Å². The highest BCUT2D eigenvalue weighted by Gasteiger charge is 2.18. The highest BCUT2D eigenvalue weighted by atomic mass is 16.4. The number of rotatable bonds is 7. The van der Waals surface area contributed by atoms with Gasteiger partial charge in [0.05, 0.1) is 0 Å². The van der Waals surface area contributed by atoms with Gasteiger partial charge in [-0.25, -0.2) is 14.8 Å². The summed E-state index contributed by atoms with van der Waals surface area (Å²) < 4.78 is 0. The van der Waals surface area contributed by atoms with Crippen molar-refractivity contribution < 1.29 is 9.90 Å². The van der Waals surface area contributed by atoms with Gasteiger partial charge in [-0.1, -0.05) is 6.92 Å². The van der Waals surface area contributed by atoms with Crippen LogP contribution in [0, 0.1) is 0 Å². The summed E-state index contributed by atoms with van der Waals surface area (Å²) >= 11 is 0. The molecule has 1 aromatic rings. The first-order valence-corrected chi connectivity index (χ1v) is 6.00. The number of hydrogen-bond donors (Lipinski definition) is 1. The second-order valence-electron chi connectivity index (χ2n) is 4.32. The maximum atomic E-state index is 11.1. The minimum absolute atomic E-state index is 0.0182. The van der Waals surface area contributed by atoms with Crippen molar-refractivity contribution in [3.63, 3.8) is 0 Å². The van der Waals surface area contributed by atoms with E-state index in [2.05, 4.69) is 21.8 Å². The van der Waals surface area contributed by atoms with E-state index in [1.54, 1.807) is 0 Å². The van der Waals surface area contributed by atoms with Gasteiger partial charge in [-0.05, 0) is 20.5 Å². The van der Waals surface area contributed by atoms with Crippen molar-refractivity contribution >= 4 is 11.8 Å². The predicted molar refractivity (Wildman–Crippen MR) is 70.0 cm³/mol. The van der Waals surface area contributed by atoms with Crippen LogP contribution >= 0.6 is 0 Å². The van der Waals surface area contributed by atoms with Crippen LogP contribution in [0.25, 0.3) is 0 Å². The Hall–Kier alpha value is -1.69. The molecule has 0 saturated heterocycles. The van der Waals surface area contributed by atoms with Gasteiger partial charge in [0, 0.05) is 32.0 Å². The third-order valence-electron chi connectivity index (χ3n) is 2.49. The zero-order valence-corrected chi connectivity index (χ0v) is 11.1. The molecular formula is C12H20N4O2. The monoisotopic (exact) mass is 252 g/mol. The SMILES string of the molecule is CCCN(CCN(C)C)c1nccnc1C(=O)O. The van der Waals surface area contributed by atoms with Crippen LogP contribution in [0.5, 0.6) is 0 Å². The van der Waals surface area contributed by atoms with E-state index in [0.29, 0.717) is 5.82 Å². The Morgan fingerprint density at radius 3 is 2.44 bits per heavy atom. The van der Waals surface area contributed by atoms with E-state index in [-0.39, 0.29) is 5.69 Å². The first kappa shape index (κ1) is 14.4. The molecule has 0 bridgehead atoms. The number of aromatic carboxylic acids is 1. The fraction of sp³-hybridized carbons (Fsp3) is 0.583. The third-order valence-corrected chi connectivity index (χ3v) is 2.49. The molecule has 1 aromatic heterocycles. The van der Waals surface area contributed by atoms with E-state index in [1.807, 2.05) is 19.0 Å². The number of carboxylic acids is 1. The van der Waals surface area contributed by atoms with Crippen LogP contribution in [0.3, 0.4) is 0 Å². The van der Waals surface area contributed by atoms with Crippen molar-refractivity contribution in [2.45, 2.75) is 13.3 Å². The van der Waals surface area contributed by atoms with Gasteiger partial charge in [0.1, 0.15) is 0 Å². The van der Waals surface area contributed by atoms with Crippen LogP contribution in [0.2, 0.25) is 0 Å². The minimum atomic E-state index is -1.04. The number of hydrogen-bond acceptors (Lipinski definition) is 5. The van der Waals surface area contributed by atoms with E-state index in [0.717, 1.165) is 26.1 Å². The molecule has 1 rings (SSSR count). The largest absolute Gasteiger partial charge is 0.476 e. The van der Waals surface area contributed by atoms with Gasteiger partial charge in [0.15, 0.2) is 11.5 Å². The van der Waals surface area contributed by atoms with Crippen LogP contribution in [0.4, 0.5) is 5.82 Å². The summed E-state index contributed by atoms with van der Waals surface area (Å²) in [7, 11) is 3.97. The molecule has 0 aliphatic carbocycles. The lowest BCUT2D eigenvalue weighted by molar-refractivity contribution is 0.0690. The van der Waals surface area contributed by atoms with E-state index >= 15 is 0 Å². The number of carbonyl (C=O) groups is 1. The molecule has 6 nitrogen and oxygen atoms in total. The van der Waals surface area contributed by atoms with Gasteiger partial charge < -0.3 is 14.9 Å². The molecule has 100 valence electrons. The Labute approximate surface area is 107 Å². The molecular weight excluding hydrogens is 232 g/mol. The lowest BCUT2D eigenvalue weighted by Crippen LogP contribution is -2.34. The predicted octanol–water partition coefficient (Wildman–Crippen LogP) is 0.953. The average molecular weight is 252 g/mol. The van der Waals surface area contributed by atoms with E-state index < -0.39 is 5.97 Å².